The number of nitriles is 1. The van der Waals surface area contributed by atoms with Crippen LogP contribution in [0.5, 0.6) is 0 Å². The number of aromatic nitrogens is 1. The second-order valence-corrected chi connectivity index (χ2v) is 7.20. The van der Waals surface area contributed by atoms with Gasteiger partial charge in [0.25, 0.3) is 0 Å². The molecule has 1 aromatic heterocycles. The van der Waals surface area contributed by atoms with Gasteiger partial charge in [-0.05, 0) is 48.1 Å². The van der Waals surface area contributed by atoms with E-state index in [9.17, 15) is 4.79 Å². The Morgan fingerprint density at radius 1 is 1.28 bits per heavy atom. The molecule has 1 aliphatic rings. The van der Waals surface area contributed by atoms with Gasteiger partial charge in [0, 0.05) is 23.9 Å². The highest BCUT2D eigenvalue weighted by atomic mass is 35.5. The smallest absolute Gasteiger partial charge is 0.223 e. The quantitative estimate of drug-likeness (QED) is 0.860. The molecule has 1 N–H and O–H groups in total. The van der Waals surface area contributed by atoms with Crippen LogP contribution >= 0.6 is 11.6 Å². The van der Waals surface area contributed by atoms with Crippen molar-refractivity contribution < 1.29 is 4.79 Å². The fourth-order valence-corrected chi connectivity index (χ4v) is 3.02. The summed E-state index contributed by atoms with van der Waals surface area (Å²) >= 11 is 6.15. The first-order chi connectivity index (χ1) is 12.0. The highest BCUT2D eigenvalue weighted by molar-refractivity contribution is 6.32. The molecule has 3 rings (SSSR count). The lowest BCUT2D eigenvalue weighted by atomic mass is 9.98. The molecule has 2 aromatic rings. The number of hydrogen-bond donors (Lipinski definition) is 1. The minimum Gasteiger partial charge on any atom is -0.349 e. The van der Waals surface area contributed by atoms with E-state index in [1.165, 1.54) is 0 Å². The van der Waals surface area contributed by atoms with Gasteiger partial charge in [0.2, 0.25) is 5.91 Å². The van der Waals surface area contributed by atoms with Crippen molar-refractivity contribution in [2.45, 2.75) is 32.7 Å². The molecule has 1 saturated carbocycles. The van der Waals surface area contributed by atoms with Crippen molar-refractivity contribution in [1.29, 1.82) is 5.26 Å². The molecule has 0 saturated heterocycles. The van der Waals surface area contributed by atoms with Crippen LogP contribution in [0.25, 0.3) is 11.1 Å². The molecule has 4 nitrogen and oxygen atoms in total. The Morgan fingerprint density at radius 2 is 2.04 bits per heavy atom. The van der Waals surface area contributed by atoms with Gasteiger partial charge in [-0.2, -0.15) is 5.26 Å². The standard InChI is InChI=1S/C20H20ClN3O/c1-12(2)20(25)24-19(13-3-4-13)17-7-16(10-23-11-17)14-5-6-15(9-22)18(21)8-14/h5-8,10-13,19H,3-4H2,1-2H3,(H,24,25). The van der Waals surface area contributed by atoms with Crippen LogP contribution in [0.1, 0.15) is 43.9 Å². The lowest BCUT2D eigenvalue weighted by Gasteiger charge is -2.20. The largest absolute Gasteiger partial charge is 0.349 e. The Kier molecular flexibility index (Phi) is 5.06. The van der Waals surface area contributed by atoms with Gasteiger partial charge in [-0.3, -0.25) is 9.78 Å². The van der Waals surface area contributed by atoms with Gasteiger partial charge in [0.05, 0.1) is 16.6 Å². The van der Waals surface area contributed by atoms with E-state index in [-0.39, 0.29) is 17.9 Å². The summed E-state index contributed by atoms with van der Waals surface area (Å²) in [5.41, 5.74) is 3.29. The molecule has 0 aliphatic heterocycles. The number of nitrogens with zero attached hydrogens (tertiary/aromatic N) is 2. The van der Waals surface area contributed by atoms with Crippen molar-refractivity contribution in [2.24, 2.45) is 11.8 Å². The molecule has 1 unspecified atom stereocenters. The number of carbonyl (C=O) groups is 1. The zero-order valence-electron chi connectivity index (χ0n) is 14.3. The molecule has 0 spiro atoms. The van der Waals surface area contributed by atoms with Gasteiger partial charge in [0.1, 0.15) is 6.07 Å². The molecular weight excluding hydrogens is 334 g/mol. The zero-order chi connectivity index (χ0) is 18.0. The Morgan fingerprint density at radius 3 is 2.64 bits per heavy atom. The average molecular weight is 354 g/mol. The molecule has 0 bridgehead atoms. The minimum absolute atomic E-state index is 0.00352. The van der Waals surface area contributed by atoms with Gasteiger partial charge >= 0.3 is 0 Å². The average Bonchev–Trinajstić information content (AvgIpc) is 3.44. The molecule has 128 valence electrons. The van der Waals surface area contributed by atoms with Crippen LogP contribution in [0.3, 0.4) is 0 Å². The van der Waals surface area contributed by atoms with Crippen molar-refractivity contribution >= 4 is 17.5 Å². The molecule has 1 heterocycles. The maximum atomic E-state index is 12.1. The second kappa shape index (κ2) is 7.25. The molecule has 1 atom stereocenters. The van der Waals surface area contributed by atoms with Crippen LogP contribution in [0.4, 0.5) is 0 Å². The number of halogens is 1. The summed E-state index contributed by atoms with van der Waals surface area (Å²) in [5.74, 6) is 0.489. The summed E-state index contributed by atoms with van der Waals surface area (Å²) in [6, 6.07) is 9.46. The molecule has 1 aliphatic carbocycles. The van der Waals surface area contributed by atoms with Crippen LogP contribution in [-0.4, -0.2) is 10.9 Å². The monoisotopic (exact) mass is 353 g/mol. The van der Waals surface area contributed by atoms with E-state index in [1.807, 2.05) is 32.2 Å². The summed E-state index contributed by atoms with van der Waals surface area (Å²) in [6.45, 7) is 3.79. The van der Waals surface area contributed by atoms with E-state index in [0.717, 1.165) is 29.5 Å². The molecule has 5 heteroatoms. The first-order valence-corrected chi connectivity index (χ1v) is 8.82. The Hall–Kier alpha value is -2.38. The van der Waals surface area contributed by atoms with Crippen molar-refractivity contribution in [3.8, 4) is 17.2 Å². The fraction of sp³-hybridized carbons (Fsp3) is 0.350. The fourth-order valence-electron chi connectivity index (χ4n) is 2.79. The van der Waals surface area contributed by atoms with Gasteiger partial charge in [-0.15, -0.1) is 0 Å². The van der Waals surface area contributed by atoms with Gasteiger partial charge < -0.3 is 5.32 Å². The first kappa shape index (κ1) is 17.4. The van der Waals surface area contributed by atoms with Crippen molar-refractivity contribution in [2.75, 3.05) is 0 Å². The van der Waals surface area contributed by atoms with E-state index < -0.39 is 0 Å². The Balaban J connectivity index is 1.91. The van der Waals surface area contributed by atoms with Gasteiger partial charge in [-0.25, -0.2) is 0 Å². The van der Waals surface area contributed by atoms with Crippen LogP contribution < -0.4 is 5.32 Å². The summed E-state index contributed by atoms with van der Waals surface area (Å²) in [5, 5.41) is 12.6. The Bertz CT molecular complexity index is 837. The predicted octanol–water partition coefficient (Wildman–Crippen LogP) is 4.50. The van der Waals surface area contributed by atoms with E-state index >= 15 is 0 Å². The van der Waals surface area contributed by atoms with Crippen molar-refractivity contribution in [3.63, 3.8) is 0 Å². The number of carbonyl (C=O) groups excluding carboxylic acids is 1. The lowest BCUT2D eigenvalue weighted by Crippen LogP contribution is -2.33. The van der Waals surface area contributed by atoms with Crippen LogP contribution in [-0.2, 0) is 4.79 Å². The number of rotatable bonds is 5. The highest BCUT2D eigenvalue weighted by Gasteiger charge is 2.34. The number of benzene rings is 1. The molecular formula is C20H20ClN3O. The van der Waals surface area contributed by atoms with Gasteiger partial charge in [-0.1, -0.05) is 31.5 Å². The van der Waals surface area contributed by atoms with E-state index in [2.05, 4.69) is 16.4 Å². The molecule has 1 amide bonds. The third-order valence-corrected chi connectivity index (χ3v) is 4.77. The third-order valence-electron chi connectivity index (χ3n) is 4.46. The van der Waals surface area contributed by atoms with Crippen LogP contribution in [0, 0.1) is 23.2 Å². The second-order valence-electron chi connectivity index (χ2n) is 6.79. The molecule has 25 heavy (non-hydrogen) atoms. The number of amides is 1. The predicted molar refractivity (Wildman–Crippen MR) is 97.8 cm³/mol. The van der Waals surface area contributed by atoms with E-state index in [4.69, 9.17) is 16.9 Å². The number of nitrogens with one attached hydrogen (secondary N) is 1. The first-order valence-electron chi connectivity index (χ1n) is 8.45. The number of hydrogen-bond acceptors (Lipinski definition) is 3. The molecule has 1 aromatic carbocycles. The maximum absolute atomic E-state index is 12.1. The summed E-state index contributed by atoms with van der Waals surface area (Å²) in [6.07, 6.45) is 5.83. The summed E-state index contributed by atoms with van der Waals surface area (Å²) in [7, 11) is 0. The normalized spacial score (nSPS) is 14.8. The lowest BCUT2D eigenvalue weighted by molar-refractivity contribution is -0.124. The van der Waals surface area contributed by atoms with Crippen molar-refractivity contribution in [1.82, 2.24) is 10.3 Å². The SMILES string of the molecule is CC(C)C(=O)NC(c1cncc(-c2ccc(C#N)c(Cl)c2)c1)C1CC1. The van der Waals surface area contributed by atoms with E-state index in [1.54, 1.807) is 18.3 Å². The van der Waals surface area contributed by atoms with Crippen LogP contribution in [0.2, 0.25) is 5.02 Å². The third kappa shape index (κ3) is 4.00. The van der Waals surface area contributed by atoms with Crippen LogP contribution in [0.15, 0.2) is 36.7 Å². The topological polar surface area (TPSA) is 65.8 Å². The minimum atomic E-state index is -0.0466. The summed E-state index contributed by atoms with van der Waals surface area (Å²) < 4.78 is 0. The van der Waals surface area contributed by atoms with Gasteiger partial charge in [0.15, 0.2) is 0 Å². The highest BCUT2D eigenvalue weighted by Crippen LogP contribution is 2.41. The Labute approximate surface area is 152 Å². The molecule has 1 fully saturated rings. The zero-order valence-corrected chi connectivity index (χ0v) is 15.0. The number of pyridine rings is 1. The maximum Gasteiger partial charge on any atom is 0.223 e. The summed E-state index contributed by atoms with van der Waals surface area (Å²) in [4.78, 5) is 16.5. The molecule has 0 radical (unpaired) electrons. The van der Waals surface area contributed by atoms with E-state index in [0.29, 0.717) is 16.5 Å². The van der Waals surface area contributed by atoms with Crippen molar-refractivity contribution in [3.05, 3.63) is 52.8 Å².